The molecule has 0 unspecified atom stereocenters. The molecule has 0 fully saturated rings. The Morgan fingerprint density at radius 1 is 0.324 bits per heavy atom. The minimum absolute atomic E-state index is 0.704. The van der Waals surface area contributed by atoms with Crippen molar-refractivity contribution in [2.75, 3.05) is 0 Å². The molecule has 0 aliphatic heterocycles. The van der Waals surface area contributed by atoms with Gasteiger partial charge < -0.3 is 0 Å². The first kappa shape index (κ1) is 57.8. The average Bonchev–Trinajstić information content (AvgIpc) is 3.43. The number of nitrogens with zero attached hydrogens (tertiary/aromatic N) is 1. The summed E-state index contributed by atoms with van der Waals surface area (Å²) in [5.41, 5.74) is 22.4. The maximum atomic E-state index is 9.85. The second-order valence-electron chi connectivity index (χ2n) is 22.0. The van der Waals surface area contributed by atoms with Gasteiger partial charge in [0.15, 0.2) is 0 Å². The quantitative estimate of drug-likeness (QED) is 0.0292. The Labute approximate surface area is 452 Å². The summed E-state index contributed by atoms with van der Waals surface area (Å²) < 4.78 is 0. The molecule has 1 heteroatoms. The third-order valence-corrected chi connectivity index (χ3v) is 15.8. The molecule has 0 bridgehead atoms. The summed E-state index contributed by atoms with van der Waals surface area (Å²) in [6.45, 7) is 13.8. The largest absolute Gasteiger partial charge is 0.192 e. The van der Waals surface area contributed by atoms with Crippen LogP contribution in [-0.2, 0) is 25.7 Å². The zero-order valence-electron chi connectivity index (χ0n) is 47.4. The molecule has 0 saturated carbocycles. The van der Waals surface area contributed by atoms with Gasteiger partial charge in [0.05, 0.1) is 11.6 Å². The molecule has 1 nitrogen and oxygen atoms in total. The lowest BCUT2D eigenvalue weighted by Gasteiger charge is -2.21. The van der Waals surface area contributed by atoms with Crippen LogP contribution in [-0.4, -0.2) is 0 Å². The van der Waals surface area contributed by atoms with E-state index in [2.05, 4.69) is 163 Å². The van der Waals surface area contributed by atoms with Crippen molar-refractivity contribution in [1.82, 2.24) is 0 Å². The molecule has 6 aromatic rings. The number of benzene rings is 6. The Balaban J connectivity index is 1.50. The van der Waals surface area contributed by atoms with Crippen LogP contribution in [0.3, 0.4) is 0 Å². The Kier molecular flexibility index (Phi) is 25.6. The van der Waals surface area contributed by atoms with Crippen LogP contribution in [0.4, 0.5) is 0 Å². The van der Waals surface area contributed by atoms with Gasteiger partial charge in [0, 0.05) is 0 Å². The standard InChI is InChI=1S/C73H95N/c1-7-11-15-19-23-27-31-64-53-72(65(49-58(64)6)32-28-24-20-16-12-8-2)69-50-68(62-45-43-61(56-74)44-46-62)51-70(52-69)73-55-66(33-29-25-21-17-13-9-3)71(54-67(73)34-30-26-22-18-14-10-4)63-47-41-60(42-48-63)40-39-59-37-35-57(5)36-38-59/h35-55H,7-34H2,1-6H3/b40-39+. The normalized spacial score (nSPS) is 11.5. The number of nitriles is 1. The summed E-state index contributed by atoms with van der Waals surface area (Å²) in [4.78, 5) is 0. The van der Waals surface area contributed by atoms with E-state index < -0.39 is 0 Å². The molecular weight excluding hydrogens is 891 g/mol. The van der Waals surface area contributed by atoms with Crippen LogP contribution in [0.25, 0.3) is 56.7 Å². The van der Waals surface area contributed by atoms with Crippen LogP contribution in [0, 0.1) is 25.2 Å². The van der Waals surface area contributed by atoms with Gasteiger partial charge in [-0.05, 0) is 179 Å². The number of unbranched alkanes of at least 4 members (excludes halogenated alkanes) is 20. The number of hydrogen-bond donors (Lipinski definition) is 0. The number of aryl methyl sites for hydroxylation is 6. The van der Waals surface area contributed by atoms with E-state index in [1.807, 2.05) is 12.1 Å². The molecular formula is C73H95N. The van der Waals surface area contributed by atoms with Crippen LogP contribution in [0.2, 0.25) is 0 Å². The van der Waals surface area contributed by atoms with E-state index >= 15 is 0 Å². The summed E-state index contributed by atoms with van der Waals surface area (Å²) in [6, 6.07) is 46.8. The minimum Gasteiger partial charge on any atom is -0.192 e. The molecule has 0 heterocycles. The lowest BCUT2D eigenvalue weighted by atomic mass is 9.84. The highest BCUT2D eigenvalue weighted by Gasteiger charge is 2.18. The Hall–Kier alpha value is -5.45. The van der Waals surface area contributed by atoms with Crippen LogP contribution in [0.5, 0.6) is 0 Å². The maximum absolute atomic E-state index is 9.85. The Morgan fingerprint density at radius 2 is 0.662 bits per heavy atom. The van der Waals surface area contributed by atoms with Gasteiger partial charge in [0.25, 0.3) is 0 Å². The highest BCUT2D eigenvalue weighted by Crippen LogP contribution is 2.40. The monoisotopic (exact) mass is 986 g/mol. The van der Waals surface area contributed by atoms with Gasteiger partial charge in [-0.3, -0.25) is 0 Å². The lowest BCUT2D eigenvalue weighted by molar-refractivity contribution is 0.605. The fraction of sp³-hybridized carbons (Fsp3) is 0.466. The van der Waals surface area contributed by atoms with Crippen molar-refractivity contribution < 1.29 is 0 Å². The first-order valence-corrected chi connectivity index (χ1v) is 30.1. The third-order valence-electron chi connectivity index (χ3n) is 15.8. The van der Waals surface area contributed by atoms with Crippen molar-refractivity contribution in [3.8, 4) is 50.6 Å². The highest BCUT2D eigenvalue weighted by molar-refractivity contribution is 5.85. The number of hydrogen-bond acceptors (Lipinski definition) is 1. The van der Waals surface area contributed by atoms with E-state index in [9.17, 15) is 5.26 Å². The predicted molar refractivity (Wildman–Crippen MR) is 326 cm³/mol. The zero-order chi connectivity index (χ0) is 52.2. The molecule has 6 rings (SSSR count). The topological polar surface area (TPSA) is 23.8 Å². The van der Waals surface area contributed by atoms with Gasteiger partial charge in [-0.1, -0.05) is 259 Å². The molecule has 74 heavy (non-hydrogen) atoms. The lowest BCUT2D eigenvalue weighted by Crippen LogP contribution is -2.00. The molecule has 0 saturated heterocycles. The van der Waals surface area contributed by atoms with Crippen molar-refractivity contribution in [3.63, 3.8) is 0 Å². The van der Waals surface area contributed by atoms with E-state index in [1.54, 1.807) is 0 Å². The summed E-state index contributed by atoms with van der Waals surface area (Å²) in [6.07, 6.45) is 39.9. The van der Waals surface area contributed by atoms with Gasteiger partial charge in [0.1, 0.15) is 0 Å². The van der Waals surface area contributed by atoms with Gasteiger partial charge in [-0.2, -0.15) is 5.26 Å². The molecule has 0 spiro atoms. The molecule has 0 atom stereocenters. The van der Waals surface area contributed by atoms with Crippen molar-refractivity contribution in [3.05, 3.63) is 165 Å². The Bertz CT molecular complexity index is 2610. The van der Waals surface area contributed by atoms with E-state index in [-0.39, 0.29) is 0 Å². The van der Waals surface area contributed by atoms with E-state index in [0.29, 0.717) is 5.56 Å². The second kappa shape index (κ2) is 32.8. The third kappa shape index (κ3) is 18.7. The highest BCUT2D eigenvalue weighted by atomic mass is 14.2. The molecule has 392 valence electrons. The summed E-state index contributed by atoms with van der Waals surface area (Å²) in [5, 5.41) is 9.85. The molecule has 0 aromatic heterocycles. The van der Waals surface area contributed by atoms with Gasteiger partial charge in [-0.25, -0.2) is 0 Å². The van der Waals surface area contributed by atoms with Crippen LogP contribution in [0.15, 0.2) is 115 Å². The van der Waals surface area contributed by atoms with Crippen molar-refractivity contribution in [2.24, 2.45) is 0 Å². The van der Waals surface area contributed by atoms with E-state index in [4.69, 9.17) is 0 Å². The maximum Gasteiger partial charge on any atom is 0.0991 e. The molecule has 6 aromatic carbocycles. The van der Waals surface area contributed by atoms with Crippen LogP contribution >= 0.6 is 0 Å². The SMILES string of the molecule is CCCCCCCCc1cc(-c2cc(-c3ccc(C#N)cc3)cc(-c3cc(CCCCCCCC)c(-c4ccc(/C=C/c5ccc(C)cc5)cc4)cc3CCCCCCCC)c2)c(CCCCCCCC)cc1C. The smallest absolute Gasteiger partial charge is 0.0991 e. The molecule has 0 aliphatic rings. The van der Waals surface area contributed by atoms with Crippen molar-refractivity contribution >= 4 is 12.2 Å². The summed E-state index contributed by atoms with van der Waals surface area (Å²) in [5.74, 6) is 0. The van der Waals surface area contributed by atoms with E-state index in [0.717, 1.165) is 25.7 Å². The molecule has 0 aliphatic carbocycles. The van der Waals surface area contributed by atoms with Crippen LogP contribution in [0.1, 0.15) is 232 Å². The molecule has 0 amide bonds. The fourth-order valence-electron chi connectivity index (χ4n) is 11.1. The predicted octanol–water partition coefficient (Wildman–Crippen LogP) is 22.6. The van der Waals surface area contributed by atoms with Gasteiger partial charge in [-0.15, -0.1) is 0 Å². The summed E-state index contributed by atoms with van der Waals surface area (Å²) >= 11 is 0. The number of rotatable bonds is 34. The van der Waals surface area contributed by atoms with Crippen LogP contribution < -0.4 is 0 Å². The first-order valence-electron chi connectivity index (χ1n) is 30.1. The van der Waals surface area contributed by atoms with Gasteiger partial charge in [0.2, 0.25) is 0 Å². The second-order valence-corrected chi connectivity index (χ2v) is 22.0. The molecule has 0 radical (unpaired) electrons. The first-order chi connectivity index (χ1) is 36.3. The van der Waals surface area contributed by atoms with Crippen molar-refractivity contribution in [1.29, 1.82) is 5.26 Å². The zero-order valence-corrected chi connectivity index (χ0v) is 47.4. The van der Waals surface area contributed by atoms with Gasteiger partial charge >= 0.3 is 0 Å². The summed E-state index contributed by atoms with van der Waals surface area (Å²) in [7, 11) is 0. The average molecular weight is 987 g/mol. The minimum atomic E-state index is 0.704. The van der Waals surface area contributed by atoms with Crippen molar-refractivity contribution in [2.45, 2.75) is 221 Å². The fourth-order valence-corrected chi connectivity index (χ4v) is 11.1. The Morgan fingerprint density at radius 3 is 1.09 bits per heavy atom. The van der Waals surface area contributed by atoms with E-state index in [1.165, 1.54) is 243 Å². The molecule has 0 N–H and O–H groups in total.